The number of rotatable bonds is 4. The van der Waals surface area contributed by atoms with E-state index in [1.165, 1.54) is 16.8 Å². The van der Waals surface area contributed by atoms with Crippen molar-refractivity contribution < 1.29 is 17.6 Å². The van der Waals surface area contributed by atoms with Gasteiger partial charge in [-0.15, -0.1) is 12.4 Å². The SMILES string of the molecule is Cc1cc(C)n(-c2ccc(NC(=O)C3(S(C)(=O)=O)CCNCC3)cc2F)n1.Cl. The summed E-state index contributed by atoms with van der Waals surface area (Å²) < 4.78 is 39.2. The summed E-state index contributed by atoms with van der Waals surface area (Å²) in [5, 5.41) is 9.89. The predicted molar refractivity (Wildman–Crippen MR) is 109 cm³/mol. The van der Waals surface area contributed by atoms with Gasteiger partial charge in [0.2, 0.25) is 5.91 Å². The molecule has 7 nitrogen and oxygen atoms in total. The monoisotopic (exact) mass is 430 g/mol. The average Bonchev–Trinajstić information content (AvgIpc) is 2.92. The number of hydrogen-bond acceptors (Lipinski definition) is 5. The molecule has 10 heteroatoms. The Morgan fingerprint density at radius 3 is 2.39 bits per heavy atom. The van der Waals surface area contributed by atoms with Gasteiger partial charge in [0.1, 0.15) is 5.69 Å². The number of piperidine rings is 1. The lowest BCUT2D eigenvalue weighted by Gasteiger charge is -2.34. The maximum atomic E-state index is 14.6. The van der Waals surface area contributed by atoms with Crippen LogP contribution in [0.5, 0.6) is 0 Å². The molecule has 28 heavy (non-hydrogen) atoms. The number of halogens is 2. The summed E-state index contributed by atoms with van der Waals surface area (Å²) in [4.78, 5) is 12.8. The van der Waals surface area contributed by atoms with Gasteiger partial charge in [-0.3, -0.25) is 4.79 Å². The molecule has 2 heterocycles. The molecule has 0 spiro atoms. The summed E-state index contributed by atoms with van der Waals surface area (Å²) in [5.74, 6) is -1.18. The first kappa shape index (κ1) is 22.3. The van der Waals surface area contributed by atoms with Gasteiger partial charge in [-0.1, -0.05) is 0 Å². The van der Waals surface area contributed by atoms with Crippen molar-refractivity contribution in [1.82, 2.24) is 15.1 Å². The van der Waals surface area contributed by atoms with Gasteiger partial charge in [-0.2, -0.15) is 5.10 Å². The van der Waals surface area contributed by atoms with Crippen LogP contribution in [0.4, 0.5) is 10.1 Å². The summed E-state index contributed by atoms with van der Waals surface area (Å²) in [7, 11) is -3.63. The number of benzene rings is 1. The molecule has 0 aliphatic carbocycles. The van der Waals surface area contributed by atoms with Crippen molar-refractivity contribution in [3.05, 3.63) is 41.5 Å². The van der Waals surface area contributed by atoms with E-state index < -0.39 is 26.3 Å². The van der Waals surface area contributed by atoms with Crippen LogP contribution in [-0.2, 0) is 14.6 Å². The van der Waals surface area contributed by atoms with Gasteiger partial charge in [0.05, 0.1) is 5.69 Å². The van der Waals surface area contributed by atoms with Crippen LogP contribution in [-0.4, -0.2) is 48.2 Å². The first-order valence-electron chi connectivity index (χ1n) is 8.69. The van der Waals surface area contributed by atoms with Crippen LogP contribution in [0.3, 0.4) is 0 Å². The van der Waals surface area contributed by atoms with E-state index in [2.05, 4.69) is 15.7 Å². The van der Waals surface area contributed by atoms with Gasteiger partial charge >= 0.3 is 0 Å². The van der Waals surface area contributed by atoms with Gasteiger partial charge in [0.15, 0.2) is 20.4 Å². The Balaban J connectivity index is 0.00000280. The lowest BCUT2D eigenvalue weighted by atomic mass is 9.95. The minimum atomic E-state index is -3.63. The predicted octanol–water partition coefficient (Wildman–Crippen LogP) is 2.16. The second-order valence-corrected chi connectivity index (χ2v) is 9.30. The number of anilines is 1. The number of nitrogens with one attached hydrogen (secondary N) is 2. The maximum absolute atomic E-state index is 14.6. The molecule has 3 rings (SSSR count). The molecule has 0 unspecified atom stereocenters. The van der Waals surface area contributed by atoms with Crippen molar-refractivity contribution in [1.29, 1.82) is 0 Å². The number of amides is 1. The molecule has 1 amide bonds. The highest BCUT2D eigenvalue weighted by molar-refractivity contribution is 7.92. The number of sulfone groups is 1. The van der Waals surface area contributed by atoms with Gasteiger partial charge < -0.3 is 10.6 Å². The van der Waals surface area contributed by atoms with Crippen LogP contribution in [0.1, 0.15) is 24.2 Å². The molecule has 1 aliphatic rings. The fraction of sp³-hybridized carbons (Fsp3) is 0.444. The molecule has 1 aliphatic heterocycles. The summed E-state index contributed by atoms with van der Waals surface area (Å²) in [6.07, 6.45) is 1.44. The molecule has 0 radical (unpaired) electrons. The molecule has 2 aromatic rings. The Kier molecular flexibility index (Phi) is 6.52. The summed E-state index contributed by atoms with van der Waals surface area (Å²) >= 11 is 0. The first-order chi connectivity index (χ1) is 12.6. The summed E-state index contributed by atoms with van der Waals surface area (Å²) in [6, 6.07) is 6.08. The van der Waals surface area contributed by atoms with Gasteiger partial charge in [0.25, 0.3) is 0 Å². The molecule has 1 aromatic heterocycles. The van der Waals surface area contributed by atoms with E-state index in [4.69, 9.17) is 0 Å². The molecular formula is C18H24ClFN4O3S. The number of carbonyl (C=O) groups excluding carboxylic acids is 1. The molecule has 1 aromatic carbocycles. The first-order valence-corrected chi connectivity index (χ1v) is 10.6. The standard InChI is InChI=1S/C18H23FN4O3S.ClH/c1-12-10-13(2)23(22-12)16-5-4-14(11-15(16)19)21-17(24)18(27(3,25)26)6-8-20-9-7-18;/h4-5,10-11,20H,6-9H2,1-3H3,(H,21,24);1H. The zero-order valence-corrected chi connectivity index (χ0v) is 17.6. The number of hydrogen-bond donors (Lipinski definition) is 2. The normalized spacial score (nSPS) is 16.3. The van der Waals surface area contributed by atoms with E-state index in [9.17, 15) is 17.6 Å². The molecule has 0 bridgehead atoms. The minimum Gasteiger partial charge on any atom is -0.325 e. The number of carbonyl (C=O) groups is 1. The third-order valence-electron chi connectivity index (χ3n) is 4.98. The van der Waals surface area contributed by atoms with E-state index in [-0.39, 0.29) is 36.6 Å². The largest absolute Gasteiger partial charge is 0.325 e. The highest BCUT2D eigenvalue weighted by Crippen LogP contribution is 2.30. The molecule has 1 fully saturated rings. The van der Waals surface area contributed by atoms with Gasteiger partial charge in [0, 0.05) is 17.6 Å². The Morgan fingerprint density at radius 1 is 1.25 bits per heavy atom. The molecule has 154 valence electrons. The Labute approximate surface area is 170 Å². The van der Waals surface area contributed by atoms with Crippen molar-refractivity contribution in [3.63, 3.8) is 0 Å². The minimum absolute atomic E-state index is 0. The summed E-state index contributed by atoms with van der Waals surface area (Å²) in [5.41, 5.74) is 2.03. The van der Waals surface area contributed by atoms with Crippen LogP contribution < -0.4 is 10.6 Å². The van der Waals surface area contributed by atoms with E-state index >= 15 is 0 Å². The van der Waals surface area contributed by atoms with E-state index in [1.54, 1.807) is 6.07 Å². The third-order valence-corrected chi connectivity index (χ3v) is 6.99. The highest BCUT2D eigenvalue weighted by Gasteiger charge is 2.48. The van der Waals surface area contributed by atoms with Crippen LogP contribution >= 0.6 is 12.4 Å². The maximum Gasteiger partial charge on any atom is 0.245 e. The fourth-order valence-electron chi connectivity index (χ4n) is 3.47. The van der Waals surface area contributed by atoms with Crippen molar-refractivity contribution in [2.45, 2.75) is 31.4 Å². The molecule has 0 atom stereocenters. The molecule has 1 saturated heterocycles. The topological polar surface area (TPSA) is 93.1 Å². The van der Waals surface area contributed by atoms with E-state index in [0.717, 1.165) is 17.6 Å². The third kappa shape index (κ3) is 4.06. The van der Waals surface area contributed by atoms with E-state index in [1.807, 2.05) is 19.9 Å². The second-order valence-electron chi connectivity index (χ2n) is 6.98. The quantitative estimate of drug-likeness (QED) is 0.775. The average molecular weight is 431 g/mol. The zero-order chi connectivity index (χ0) is 19.8. The van der Waals surface area contributed by atoms with Crippen LogP contribution in [0.25, 0.3) is 5.69 Å². The van der Waals surface area contributed by atoms with Gasteiger partial charge in [-0.05, 0) is 64.0 Å². The number of aryl methyl sites for hydroxylation is 2. The van der Waals surface area contributed by atoms with Crippen LogP contribution in [0.2, 0.25) is 0 Å². The molecular weight excluding hydrogens is 407 g/mol. The zero-order valence-electron chi connectivity index (χ0n) is 16.0. The number of aromatic nitrogens is 2. The van der Waals surface area contributed by atoms with Gasteiger partial charge in [-0.25, -0.2) is 17.5 Å². The van der Waals surface area contributed by atoms with Crippen molar-refractivity contribution in [3.8, 4) is 5.69 Å². The van der Waals surface area contributed by atoms with E-state index in [0.29, 0.717) is 13.1 Å². The fourth-order valence-corrected chi connectivity index (χ4v) is 4.80. The Bertz CT molecular complexity index is 985. The summed E-state index contributed by atoms with van der Waals surface area (Å²) in [6.45, 7) is 4.51. The smallest absolute Gasteiger partial charge is 0.245 e. The van der Waals surface area contributed by atoms with Crippen molar-refractivity contribution in [2.75, 3.05) is 24.7 Å². The lowest BCUT2D eigenvalue weighted by Crippen LogP contribution is -2.55. The molecule has 2 N–H and O–H groups in total. The van der Waals surface area contributed by atoms with Crippen LogP contribution in [0, 0.1) is 19.7 Å². The van der Waals surface area contributed by atoms with Crippen molar-refractivity contribution >= 4 is 33.8 Å². The second kappa shape index (κ2) is 8.18. The Morgan fingerprint density at radius 2 is 1.89 bits per heavy atom. The lowest BCUT2D eigenvalue weighted by molar-refractivity contribution is -0.119. The number of nitrogens with zero attached hydrogens (tertiary/aromatic N) is 2. The van der Waals surface area contributed by atoms with Crippen molar-refractivity contribution in [2.24, 2.45) is 0 Å². The van der Waals surface area contributed by atoms with Crippen LogP contribution in [0.15, 0.2) is 24.3 Å². The molecule has 0 saturated carbocycles. The Hall–Kier alpha value is -1.97. The highest BCUT2D eigenvalue weighted by atomic mass is 35.5.